The monoisotopic (exact) mass is 225 g/mol. The first-order chi connectivity index (χ1) is 7.75. The van der Waals surface area contributed by atoms with Crippen molar-refractivity contribution in [3.05, 3.63) is 29.8 Å². The van der Waals surface area contributed by atoms with Crippen LogP contribution in [0, 0.1) is 5.82 Å². The van der Waals surface area contributed by atoms with Crippen molar-refractivity contribution in [3.8, 4) is 0 Å². The average molecular weight is 225 g/mol. The molecule has 0 aliphatic carbocycles. The van der Waals surface area contributed by atoms with Gasteiger partial charge in [0.2, 0.25) is 0 Å². The van der Waals surface area contributed by atoms with Crippen molar-refractivity contribution in [2.24, 2.45) is 0 Å². The lowest BCUT2D eigenvalue weighted by Crippen LogP contribution is -2.46. The van der Waals surface area contributed by atoms with Gasteiger partial charge in [-0.15, -0.1) is 0 Å². The summed E-state index contributed by atoms with van der Waals surface area (Å²) >= 11 is 0. The van der Waals surface area contributed by atoms with Crippen molar-refractivity contribution < 1.29 is 9.13 Å². The van der Waals surface area contributed by atoms with Crippen LogP contribution < -0.4 is 5.43 Å². The largest absolute Gasteiger partial charge is 0.379 e. The first-order valence-electron chi connectivity index (χ1n) is 5.45. The molecule has 1 N–H and O–H groups in total. The van der Waals surface area contributed by atoms with E-state index in [1.165, 1.54) is 12.3 Å². The maximum atomic E-state index is 13.0. The maximum absolute atomic E-state index is 13.0. The molecule has 0 aromatic carbocycles. The number of ether oxygens (including phenoxy) is 1. The second-order valence-electron chi connectivity index (χ2n) is 3.89. The number of hydrogen-bond acceptors (Lipinski definition) is 4. The quantitative estimate of drug-likeness (QED) is 0.836. The molecule has 88 valence electrons. The zero-order valence-corrected chi connectivity index (χ0v) is 9.32. The first kappa shape index (κ1) is 11.4. The molecule has 0 radical (unpaired) electrons. The Morgan fingerprint density at radius 3 is 2.88 bits per heavy atom. The minimum Gasteiger partial charge on any atom is -0.379 e. The van der Waals surface area contributed by atoms with Gasteiger partial charge in [-0.2, -0.15) is 0 Å². The molecule has 1 aliphatic rings. The summed E-state index contributed by atoms with van der Waals surface area (Å²) in [5.74, 6) is -0.298. The van der Waals surface area contributed by atoms with E-state index in [2.05, 4.69) is 15.4 Å². The lowest BCUT2D eigenvalue weighted by molar-refractivity contribution is 0.00480. The van der Waals surface area contributed by atoms with Gasteiger partial charge in [-0.1, -0.05) is 0 Å². The zero-order chi connectivity index (χ0) is 11.4. The molecule has 0 spiro atoms. The van der Waals surface area contributed by atoms with E-state index in [4.69, 9.17) is 4.74 Å². The highest BCUT2D eigenvalue weighted by Gasteiger charge is 2.14. The van der Waals surface area contributed by atoms with Crippen LogP contribution in [0.2, 0.25) is 0 Å². The Morgan fingerprint density at radius 1 is 1.44 bits per heavy atom. The Bertz CT molecular complexity index is 342. The number of nitrogens with zero attached hydrogens (tertiary/aromatic N) is 2. The van der Waals surface area contributed by atoms with Crippen molar-refractivity contribution in [2.45, 2.75) is 13.0 Å². The summed E-state index contributed by atoms with van der Waals surface area (Å²) in [6.07, 6.45) is 2.89. The lowest BCUT2D eigenvalue weighted by Gasteiger charge is -2.30. The number of rotatable bonds is 3. The van der Waals surface area contributed by atoms with Crippen molar-refractivity contribution in [1.82, 2.24) is 15.4 Å². The maximum Gasteiger partial charge on any atom is 0.141 e. The molecule has 16 heavy (non-hydrogen) atoms. The van der Waals surface area contributed by atoms with Gasteiger partial charge in [0.25, 0.3) is 0 Å². The van der Waals surface area contributed by atoms with E-state index in [-0.39, 0.29) is 11.9 Å². The summed E-state index contributed by atoms with van der Waals surface area (Å²) in [6, 6.07) is 1.56. The van der Waals surface area contributed by atoms with Gasteiger partial charge in [0.15, 0.2) is 0 Å². The van der Waals surface area contributed by atoms with Gasteiger partial charge >= 0.3 is 0 Å². The summed E-state index contributed by atoms with van der Waals surface area (Å²) in [5.41, 5.74) is 4.16. The molecule has 0 saturated carbocycles. The van der Waals surface area contributed by atoms with Gasteiger partial charge in [-0.05, 0) is 18.6 Å². The summed E-state index contributed by atoms with van der Waals surface area (Å²) < 4.78 is 18.2. The fraction of sp³-hybridized carbons (Fsp3) is 0.545. The number of aromatic nitrogens is 1. The van der Waals surface area contributed by atoms with Crippen LogP contribution in [0.1, 0.15) is 18.5 Å². The minimum atomic E-state index is -0.298. The standard InChI is InChI=1S/C11H16FN3O/c1-9(10-6-11(12)8-13-7-10)14-15-2-4-16-5-3-15/h6-9,14H,2-5H2,1H3. The smallest absolute Gasteiger partial charge is 0.141 e. The van der Waals surface area contributed by atoms with Crippen LogP contribution in [0.3, 0.4) is 0 Å². The predicted molar refractivity (Wildman–Crippen MR) is 58.1 cm³/mol. The number of hydrazine groups is 1. The highest BCUT2D eigenvalue weighted by Crippen LogP contribution is 2.12. The summed E-state index contributed by atoms with van der Waals surface area (Å²) in [7, 11) is 0. The molecule has 1 fully saturated rings. The van der Waals surface area contributed by atoms with Crippen LogP contribution in [-0.2, 0) is 4.74 Å². The second kappa shape index (κ2) is 5.34. The Kier molecular flexibility index (Phi) is 3.82. The normalized spacial score (nSPS) is 19.6. The summed E-state index contributed by atoms with van der Waals surface area (Å²) in [6.45, 7) is 5.17. The van der Waals surface area contributed by atoms with Crippen molar-refractivity contribution in [1.29, 1.82) is 0 Å². The SMILES string of the molecule is CC(NN1CCOCC1)c1cncc(F)c1. The Hall–Kier alpha value is -1.04. The Balaban J connectivity index is 1.94. The van der Waals surface area contributed by atoms with E-state index in [1.54, 1.807) is 6.20 Å². The van der Waals surface area contributed by atoms with Gasteiger partial charge < -0.3 is 4.74 Å². The van der Waals surface area contributed by atoms with E-state index in [9.17, 15) is 4.39 Å². The van der Waals surface area contributed by atoms with Crippen molar-refractivity contribution >= 4 is 0 Å². The van der Waals surface area contributed by atoms with Gasteiger partial charge in [-0.3, -0.25) is 4.98 Å². The number of halogens is 1. The van der Waals surface area contributed by atoms with E-state index < -0.39 is 0 Å². The van der Waals surface area contributed by atoms with Gasteiger partial charge in [0, 0.05) is 25.3 Å². The molecule has 1 atom stereocenters. The second-order valence-corrected chi connectivity index (χ2v) is 3.89. The summed E-state index contributed by atoms with van der Waals surface area (Å²) in [4.78, 5) is 3.84. The van der Waals surface area contributed by atoms with E-state index >= 15 is 0 Å². The van der Waals surface area contributed by atoms with Crippen LogP contribution in [0.15, 0.2) is 18.5 Å². The minimum absolute atomic E-state index is 0.0568. The highest BCUT2D eigenvalue weighted by molar-refractivity contribution is 5.13. The van der Waals surface area contributed by atoms with Crippen LogP contribution in [0.5, 0.6) is 0 Å². The molecule has 4 nitrogen and oxygen atoms in total. The van der Waals surface area contributed by atoms with E-state index in [0.717, 1.165) is 31.9 Å². The fourth-order valence-electron chi connectivity index (χ4n) is 1.71. The number of nitrogens with one attached hydrogen (secondary N) is 1. The van der Waals surface area contributed by atoms with Gasteiger partial charge in [0.1, 0.15) is 5.82 Å². The molecule has 0 amide bonds. The molecule has 2 rings (SSSR count). The Morgan fingerprint density at radius 2 is 2.19 bits per heavy atom. The van der Waals surface area contributed by atoms with Crippen molar-refractivity contribution in [3.63, 3.8) is 0 Å². The third-order valence-electron chi connectivity index (χ3n) is 2.61. The van der Waals surface area contributed by atoms with E-state index in [0.29, 0.717) is 0 Å². The van der Waals surface area contributed by atoms with Crippen LogP contribution in [0.25, 0.3) is 0 Å². The van der Waals surface area contributed by atoms with Crippen LogP contribution >= 0.6 is 0 Å². The lowest BCUT2D eigenvalue weighted by atomic mass is 10.1. The molecule has 0 bridgehead atoms. The molecule has 5 heteroatoms. The van der Waals surface area contributed by atoms with Gasteiger partial charge in [-0.25, -0.2) is 14.8 Å². The first-order valence-corrected chi connectivity index (χ1v) is 5.45. The van der Waals surface area contributed by atoms with E-state index in [1.807, 2.05) is 6.92 Å². The van der Waals surface area contributed by atoms with Crippen LogP contribution in [0.4, 0.5) is 4.39 Å². The Labute approximate surface area is 94.4 Å². The van der Waals surface area contributed by atoms with Crippen LogP contribution in [-0.4, -0.2) is 36.3 Å². The van der Waals surface area contributed by atoms with Gasteiger partial charge in [0.05, 0.1) is 19.4 Å². The molecular weight excluding hydrogens is 209 g/mol. The predicted octanol–water partition coefficient (Wildman–Crippen LogP) is 1.12. The molecule has 1 aromatic heterocycles. The zero-order valence-electron chi connectivity index (χ0n) is 9.32. The molecule has 1 aromatic rings. The average Bonchev–Trinajstić information content (AvgIpc) is 2.30. The number of pyridine rings is 1. The molecule has 1 aliphatic heterocycles. The third kappa shape index (κ3) is 2.98. The molecule has 1 saturated heterocycles. The number of hydrogen-bond donors (Lipinski definition) is 1. The third-order valence-corrected chi connectivity index (χ3v) is 2.61. The molecular formula is C11H16FN3O. The fourth-order valence-corrected chi connectivity index (χ4v) is 1.71. The summed E-state index contributed by atoms with van der Waals surface area (Å²) in [5, 5.41) is 2.10. The molecule has 2 heterocycles. The molecule has 1 unspecified atom stereocenters. The highest BCUT2D eigenvalue weighted by atomic mass is 19.1. The topological polar surface area (TPSA) is 37.4 Å². The number of morpholine rings is 1. The van der Waals surface area contributed by atoms with Crippen molar-refractivity contribution in [2.75, 3.05) is 26.3 Å².